The lowest BCUT2D eigenvalue weighted by atomic mass is 9.96. The van der Waals surface area contributed by atoms with Gasteiger partial charge in [0, 0.05) is 13.1 Å². The number of halogens is 3. The molecule has 1 aliphatic rings. The first-order chi connectivity index (χ1) is 9.90. The van der Waals surface area contributed by atoms with Crippen molar-refractivity contribution in [2.75, 3.05) is 13.1 Å². The van der Waals surface area contributed by atoms with Gasteiger partial charge in [0.1, 0.15) is 0 Å². The van der Waals surface area contributed by atoms with Gasteiger partial charge in [0.2, 0.25) is 5.91 Å². The zero-order valence-electron chi connectivity index (χ0n) is 11.4. The van der Waals surface area contributed by atoms with Crippen LogP contribution in [0.4, 0.5) is 13.2 Å². The smallest absolute Gasteiger partial charge is 0.342 e. The first-order valence-electron chi connectivity index (χ1n) is 6.73. The topological polar surface area (TPSA) is 44.1 Å². The van der Waals surface area contributed by atoms with E-state index in [1.54, 1.807) is 24.3 Å². The molecule has 0 aliphatic carbocycles. The highest BCUT2D eigenvalue weighted by atomic mass is 19.4. The van der Waals surface area contributed by atoms with Crippen molar-refractivity contribution in [3.8, 4) is 6.07 Å². The largest absolute Gasteiger partial charge is 0.391 e. The fourth-order valence-electron chi connectivity index (χ4n) is 2.44. The summed E-state index contributed by atoms with van der Waals surface area (Å²) in [4.78, 5) is 13.5. The molecule has 2 rings (SSSR count). The lowest BCUT2D eigenvalue weighted by molar-refractivity contribution is -0.186. The second-order valence-corrected chi connectivity index (χ2v) is 5.18. The van der Waals surface area contributed by atoms with Gasteiger partial charge < -0.3 is 4.90 Å². The standard InChI is InChI=1S/C15H15F3N2O/c16-15(17,18)13-5-7-20(8-6-13)14(21)9-11-1-3-12(10-19)4-2-11/h1-4,13H,5-9H2. The van der Waals surface area contributed by atoms with E-state index in [-0.39, 0.29) is 38.3 Å². The number of carbonyl (C=O) groups excluding carboxylic acids is 1. The van der Waals surface area contributed by atoms with Crippen molar-refractivity contribution in [3.63, 3.8) is 0 Å². The molecule has 1 aromatic rings. The Bertz CT molecular complexity index is 538. The SMILES string of the molecule is N#Cc1ccc(CC(=O)N2CCC(C(F)(F)F)CC2)cc1. The first kappa shape index (κ1) is 15.4. The van der Waals surface area contributed by atoms with Crippen molar-refractivity contribution in [2.24, 2.45) is 5.92 Å². The van der Waals surface area contributed by atoms with Gasteiger partial charge in [-0.3, -0.25) is 4.79 Å². The van der Waals surface area contributed by atoms with E-state index in [0.29, 0.717) is 5.56 Å². The molecule has 0 bridgehead atoms. The molecule has 0 spiro atoms. The van der Waals surface area contributed by atoms with E-state index in [4.69, 9.17) is 5.26 Å². The summed E-state index contributed by atoms with van der Waals surface area (Å²) in [5.74, 6) is -1.46. The highest BCUT2D eigenvalue weighted by Crippen LogP contribution is 2.34. The van der Waals surface area contributed by atoms with Crippen molar-refractivity contribution in [2.45, 2.75) is 25.4 Å². The normalized spacial score (nSPS) is 16.6. The molecule has 0 saturated carbocycles. The number of amides is 1. The number of likely N-dealkylation sites (tertiary alicyclic amines) is 1. The Labute approximate surface area is 121 Å². The maximum Gasteiger partial charge on any atom is 0.391 e. The van der Waals surface area contributed by atoms with Crippen LogP contribution in [-0.2, 0) is 11.2 Å². The molecule has 0 aromatic heterocycles. The Morgan fingerprint density at radius 3 is 2.29 bits per heavy atom. The molecule has 1 heterocycles. The van der Waals surface area contributed by atoms with Crippen LogP contribution < -0.4 is 0 Å². The quantitative estimate of drug-likeness (QED) is 0.842. The highest BCUT2D eigenvalue weighted by molar-refractivity contribution is 5.78. The van der Waals surface area contributed by atoms with E-state index < -0.39 is 12.1 Å². The predicted octanol–water partition coefficient (Wildman–Crippen LogP) is 2.90. The van der Waals surface area contributed by atoms with Gasteiger partial charge in [-0.25, -0.2) is 0 Å². The minimum Gasteiger partial charge on any atom is -0.342 e. The van der Waals surface area contributed by atoms with Crippen molar-refractivity contribution < 1.29 is 18.0 Å². The summed E-state index contributed by atoms with van der Waals surface area (Å²) in [6, 6.07) is 8.62. The van der Waals surface area contributed by atoms with Crippen LogP contribution in [-0.4, -0.2) is 30.1 Å². The van der Waals surface area contributed by atoms with Gasteiger partial charge >= 0.3 is 6.18 Å². The molecule has 6 heteroatoms. The molecule has 1 fully saturated rings. The zero-order chi connectivity index (χ0) is 15.5. The van der Waals surface area contributed by atoms with E-state index in [0.717, 1.165) is 5.56 Å². The summed E-state index contributed by atoms with van der Waals surface area (Å²) in [6.07, 6.45) is -4.06. The maximum atomic E-state index is 12.6. The zero-order valence-corrected chi connectivity index (χ0v) is 11.4. The molecule has 21 heavy (non-hydrogen) atoms. The molecule has 1 aromatic carbocycles. The van der Waals surface area contributed by atoms with Crippen molar-refractivity contribution >= 4 is 5.91 Å². The number of hydrogen-bond acceptors (Lipinski definition) is 2. The Hall–Kier alpha value is -2.03. The summed E-state index contributed by atoms with van der Waals surface area (Å²) in [6.45, 7) is 0.304. The van der Waals surface area contributed by atoms with Crippen LogP contribution in [0.2, 0.25) is 0 Å². The van der Waals surface area contributed by atoms with Gasteiger partial charge in [-0.05, 0) is 30.5 Å². The first-order valence-corrected chi connectivity index (χ1v) is 6.73. The Morgan fingerprint density at radius 2 is 1.81 bits per heavy atom. The Morgan fingerprint density at radius 1 is 1.24 bits per heavy atom. The third-order valence-electron chi connectivity index (χ3n) is 3.75. The van der Waals surface area contributed by atoms with Crippen molar-refractivity contribution in [3.05, 3.63) is 35.4 Å². The number of nitriles is 1. The third kappa shape index (κ3) is 3.97. The number of hydrogen-bond donors (Lipinski definition) is 0. The van der Waals surface area contributed by atoms with Crippen molar-refractivity contribution in [1.29, 1.82) is 5.26 Å². The van der Waals surface area contributed by atoms with Gasteiger partial charge in [0.05, 0.1) is 24.0 Å². The van der Waals surface area contributed by atoms with E-state index in [9.17, 15) is 18.0 Å². The lowest BCUT2D eigenvalue weighted by Crippen LogP contribution is -2.42. The summed E-state index contributed by atoms with van der Waals surface area (Å²) >= 11 is 0. The number of rotatable bonds is 2. The van der Waals surface area contributed by atoms with Crippen molar-refractivity contribution in [1.82, 2.24) is 4.90 Å². The lowest BCUT2D eigenvalue weighted by Gasteiger charge is -2.33. The molecule has 0 radical (unpaired) electrons. The van der Waals surface area contributed by atoms with Crippen LogP contribution >= 0.6 is 0 Å². The molecular weight excluding hydrogens is 281 g/mol. The van der Waals surface area contributed by atoms with Crippen LogP contribution in [0.3, 0.4) is 0 Å². The monoisotopic (exact) mass is 296 g/mol. The molecule has 3 nitrogen and oxygen atoms in total. The minimum atomic E-state index is -4.16. The Balaban J connectivity index is 1.89. The minimum absolute atomic E-state index is 0.0252. The summed E-state index contributed by atoms with van der Waals surface area (Å²) in [5, 5.41) is 8.69. The molecule has 0 atom stereocenters. The van der Waals surface area contributed by atoms with Gasteiger partial charge in [0.25, 0.3) is 0 Å². The fourth-order valence-corrected chi connectivity index (χ4v) is 2.44. The van der Waals surface area contributed by atoms with Crippen LogP contribution in [0, 0.1) is 17.2 Å². The molecule has 112 valence electrons. The molecular formula is C15H15F3N2O. The number of alkyl halides is 3. The number of benzene rings is 1. The van der Waals surface area contributed by atoms with Gasteiger partial charge in [-0.15, -0.1) is 0 Å². The van der Waals surface area contributed by atoms with E-state index in [1.807, 2.05) is 6.07 Å². The summed E-state index contributed by atoms with van der Waals surface area (Å²) in [7, 11) is 0. The van der Waals surface area contributed by atoms with E-state index in [1.165, 1.54) is 4.90 Å². The van der Waals surface area contributed by atoms with Gasteiger partial charge in [-0.1, -0.05) is 12.1 Å². The van der Waals surface area contributed by atoms with Crippen LogP contribution in [0.5, 0.6) is 0 Å². The molecule has 0 N–H and O–H groups in total. The van der Waals surface area contributed by atoms with Gasteiger partial charge in [-0.2, -0.15) is 18.4 Å². The van der Waals surface area contributed by atoms with Crippen LogP contribution in [0.15, 0.2) is 24.3 Å². The average Bonchev–Trinajstić information content (AvgIpc) is 2.47. The number of carbonyl (C=O) groups is 1. The number of nitrogens with zero attached hydrogens (tertiary/aromatic N) is 2. The Kier molecular flexibility index (Phi) is 4.51. The summed E-state index contributed by atoms with van der Waals surface area (Å²) < 4.78 is 37.7. The van der Waals surface area contributed by atoms with Gasteiger partial charge in [0.15, 0.2) is 0 Å². The van der Waals surface area contributed by atoms with Crippen LogP contribution in [0.1, 0.15) is 24.0 Å². The molecule has 0 unspecified atom stereocenters. The maximum absolute atomic E-state index is 12.6. The van der Waals surface area contributed by atoms with E-state index in [2.05, 4.69) is 0 Å². The second-order valence-electron chi connectivity index (χ2n) is 5.18. The predicted molar refractivity (Wildman–Crippen MR) is 70.2 cm³/mol. The fraction of sp³-hybridized carbons (Fsp3) is 0.467. The highest BCUT2D eigenvalue weighted by Gasteiger charge is 2.41. The molecule has 1 aliphatic heterocycles. The van der Waals surface area contributed by atoms with Crippen LogP contribution in [0.25, 0.3) is 0 Å². The molecule has 1 saturated heterocycles. The van der Waals surface area contributed by atoms with E-state index >= 15 is 0 Å². The summed E-state index contributed by atoms with van der Waals surface area (Å²) in [5.41, 5.74) is 1.27. The number of piperidine rings is 1. The average molecular weight is 296 g/mol. The molecule has 1 amide bonds. The third-order valence-corrected chi connectivity index (χ3v) is 3.75. The second kappa shape index (κ2) is 6.17.